The van der Waals surface area contributed by atoms with Gasteiger partial charge in [0, 0.05) is 6.04 Å². The Morgan fingerprint density at radius 2 is 1.87 bits per heavy atom. The van der Waals surface area contributed by atoms with Gasteiger partial charge in [0.05, 0.1) is 10.9 Å². The van der Waals surface area contributed by atoms with Gasteiger partial charge in [0.1, 0.15) is 4.90 Å². The smallest absolute Gasteiger partial charge is 0.306 e. The summed E-state index contributed by atoms with van der Waals surface area (Å²) >= 11 is 5.92. The van der Waals surface area contributed by atoms with Crippen LogP contribution in [-0.4, -0.2) is 35.8 Å². The van der Waals surface area contributed by atoms with Crippen LogP contribution in [0.25, 0.3) is 11.0 Å². The van der Waals surface area contributed by atoms with E-state index in [2.05, 4.69) is 19.7 Å². The monoisotopic (exact) mass is 359 g/mol. The summed E-state index contributed by atoms with van der Waals surface area (Å²) in [5.41, 5.74) is 0.258. The molecule has 2 aromatic rings. The molecular formula is C13H14ClN3O5S. The molecule has 124 valence electrons. The van der Waals surface area contributed by atoms with E-state index in [0.717, 1.165) is 0 Å². The van der Waals surface area contributed by atoms with Gasteiger partial charge in [-0.05, 0) is 48.1 Å². The number of fused-ring (bicyclic) bond motifs is 1. The quantitative estimate of drug-likeness (QED) is 0.853. The van der Waals surface area contributed by atoms with Crippen LogP contribution in [0, 0.1) is 5.92 Å². The largest absolute Gasteiger partial charge is 0.481 e. The molecule has 0 atom stereocenters. The van der Waals surface area contributed by atoms with Crippen molar-refractivity contribution >= 4 is 38.6 Å². The fraction of sp³-hybridized carbons (Fsp3) is 0.462. The summed E-state index contributed by atoms with van der Waals surface area (Å²) < 4.78 is 32.3. The first kappa shape index (κ1) is 16.2. The van der Waals surface area contributed by atoms with E-state index in [0.29, 0.717) is 25.7 Å². The van der Waals surface area contributed by atoms with Crippen LogP contribution in [0.3, 0.4) is 0 Å². The van der Waals surface area contributed by atoms with Crippen molar-refractivity contribution in [3.05, 3.63) is 17.2 Å². The number of carboxylic acid groups (broad SMARTS) is 1. The van der Waals surface area contributed by atoms with E-state index in [1.54, 1.807) is 0 Å². The number of benzene rings is 1. The Balaban J connectivity index is 1.81. The van der Waals surface area contributed by atoms with Crippen LogP contribution in [0.4, 0.5) is 0 Å². The molecule has 1 heterocycles. The molecule has 1 aromatic carbocycles. The molecule has 0 spiro atoms. The molecule has 2 N–H and O–H groups in total. The van der Waals surface area contributed by atoms with E-state index in [-0.39, 0.29) is 27.0 Å². The van der Waals surface area contributed by atoms with E-state index in [1.165, 1.54) is 12.1 Å². The van der Waals surface area contributed by atoms with Gasteiger partial charge in [-0.25, -0.2) is 17.8 Å². The second kappa shape index (κ2) is 6.06. The standard InChI is InChI=1S/C13H14ClN3O5S/c14-9-5-6-10(12-11(9)15-22-16-12)23(20,21)17-8-3-1-7(2-4-8)13(18)19/h5-8,17H,1-4H2,(H,18,19). The Labute approximate surface area is 136 Å². The summed E-state index contributed by atoms with van der Waals surface area (Å²) in [5.74, 6) is -1.24. The Hall–Kier alpha value is -1.71. The van der Waals surface area contributed by atoms with E-state index in [9.17, 15) is 13.2 Å². The van der Waals surface area contributed by atoms with E-state index < -0.39 is 21.9 Å². The van der Waals surface area contributed by atoms with E-state index in [4.69, 9.17) is 16.7 Å². The van der Waals surface area contributed by atoms with Crippen LogP contribution >= 0.6 is 11.6 Å². The third kappa shape index (κ3) is 3.17. The van der Waals surface area contributed by atoms with Crippen LogP contribution in [0.2, 0.25) is 5.02 Å². The maximum Gasteiger partial charge on any atom is 0.306 e. The molecule has 23 heavy (non-hydrogen) atoms. The number of sulfonamides is 1. The van der Waals surface area contributed by atoms with E-state index in [1.807, 2.05) is 0 Å². The lowest BCUT2D eigenvalue weighted by molar-refractivity contribution is -0.142. The fourth-order valence-electron chi connectivity index (χ4n) is 2.77. The second-order valence-corrected chi connectivity index (χ2v) is 7.60. The average Bonchev–Trinajstić information content (AvgIpc) is 2.97. The fourth-order valence-corrected chi connectivity index (χ4v) is 4.40. The summed E-state index contributed by atoms with van der Waals surface area (Å²) in [6.07, 6.45) is 1.85. The maximum atomic E-state index is 12.6. The second-order valence-electron chi connectivity index (χ2n) is 5.52. The highest BCUT2D eigenvalue weighted by molar-refractivity contribution is 7.89. The molecule has 0 bridgehead atoms. The summed E-state index contributed by atoms with van der Waals surface area (Å²) in [4.78, 5) is 10.9. The molecule has 0 radical (unpaired) electrons. The number of carboxylic acids is 1. The minimum Gasteiger partial charge on any atom is -0.481 e. The number of nitrogens with zero attached hydrogens (tertiary/aromatic N) is 2. The van der Waals surface area contributed by atoms with Crippen molar-refractivity contribution in [3.63, 3.8) is 0 Å². The van der Waals surface area contributed by atoms with Crippen LogP contribution in [-0.2, 0) is 14.8 Å². The topological polar surface area (TPSA) is 122 Å². The predicted molar refractivity (Wildman–Crippen MR) is 80.5 cm³/mol. The first-order valence-corrected chi connectivity index (χ1v) is 8.90. The zero-order chi connectivity index (χ0) is 16.6. The Kier molecular flexibility index (Phi) is 4.26. The first-order valence-electron chi connectivity index (χ1n) is 7.04. The number of hydrogen-bond acceptors (Lipinski definition) is 6. The molecule has 0 amide bonds. The van der Waals surface area contributed by atoms with Crippen molar-refractivity contribution in [1.82, 2.24) is 15.0 Å². The number of nitrogens with one attached hydrogen (secondary N) is 1. The summed E-state index contributed by atoms with van der Waals surface area (Å²) in [7, 11) is -3.83. The minimum absolute atomic E-state index is 0.0569. The van der Waals surface area contributed by atoms with Gasteiger partial charge in [0.15, 0.2) is 11.0 Å². The van der Waals surface area contributed by atoms with Gasteiger partial charge >= 0.3 is 5.97 Å². The van der Waals surface area contributed by atoms with Crippen LogP contribution in [0.15, 0.2) is 21.7 Å². The van der Waals surface area contributed by atoms with Gasteiger partial charge in [-0.3, -0.25) is 4.79 Å². The molecule has 1 aromatic heterocycles. The van der Waals surface area contributed by atoms with Gasteiger partial charge in [-0.15, -0.1) is 0 Å². The van der Waals surface area contributed by atoms with E-state index >= 15 is 0 Å². The maximum absolute atomic E-state index is 12.6. The van der Waals surface area contributed by atoms with Gasteiger partial charge in [0.2, 0.25) is 10.0 Å². The molecule has 1 fully saturated rings. The molecule has 10 heteroatoms. The van der Waals surface area contributed by atoms with Gasteiger partial charge in [-0.1, -0.05) is 11.6 Å². The van der Waals surface area contributed by atoms with Crippen LogP contribution in [0.1, 0.15) is 25.7 Å². The number of hydrogen-bond donors (Lipinski definition) is 2. The number of rotatable bonds is 4. The average molecular weight is 360 g/mol. The lowest BCUT2D eigenvalue weighted by Crippen LogP contribution is -2.38. The van der Waals surface area contributed by atoms with Crippen molar-refractivity contribution in [1.29, 1.82) is 0 Å². The molecule has 0 aliphatic heterocycles. The minimum atomic E-state index is -3.83. The molecule has 0 unspecified atom stereocenters. The highest BCUT2D eigenvalue weighted by Gasteiger charge is 2.30. The third-order valence-electron chi connectivity index (χ3n) is 4.02. The normalized spacial score (nSPS) is 22.3. The number of aliphatic carboxylic acids is 1. The summed E-state index contributed by atoms with van der Waals surface area (Å²) in [5, 5.41) is 16.4. The van der Waals surface area contributed by atoms with Crippen molar-refractivity contribution in [3.8, 4) is 0 Å². The summed E-state index contributed by atoms with van der Waals surface area (Å²) in [6.45, 7) is 0. The highest BCUT2D eigenvalue weighted by Crippen LogP contribution is 2.29. The van der Waals surface area contributed by atoms with Gasteiger partial charge < -0.3 is 5.11 Å². The third-order valence-corrected chi connectivity index (χ3v) is 5.87. The lowest BCUT2D eigenvalue weighted by atomic mass is 9.87. The molecule has 1 saturated carbocycles. The number of carbonyl (C=O) groups is 1. The Morgan fingerprint density at radius 3 is 2.52 bits per heavy atom. The molecule has 0 saturated heterocycles. The van der Waals surface area contributed by atoms with Crippen molar-refractivity contribution < 1.29 is 22.9 Å². The summed E-state index contributed by atoms with van der Waals surface area (Å²) in [6, 6.07) is 2.46. The Morgan fingerprint density at radius 1 is 1.22 bits per heavy atom. The van der Waals surface area contributed by atoms with Crippen LogP contribution < -0.4 is 4.72 Å². The highest BCUT2D eigenvalue weighted by atomic mass is 35.5. The molecular weight excluding hydrogens is 346 g/mol. The zero-order valence-electron chi connectivity index (χ0n) is 11.9. The molecule has 8 nitrogen and oxygen atoms in total. The molecule has 1 aliphatic rings. The lowest BCUT2D eigenvalue weighted by Gasteiger charge is -2.26. The number of halogens is 1. The first-order chi connectivity index (χ1) is 10.9. The van der Waals surface area contributed by atoms with Crippen molar-refractivity contribution in [2.45, 2.75) is 36.6 Å². The van der Waals surface area contributed by atoms with Crippen molar-refractivity contribution in [2.24, 2.45) is 5.92 Å². The zero-order valence-corrected chi connectivity index (χ0v) is 13.5. The number of aromatic nitrogens is 2. The SMILES string of the molecule is O=C(O)C1CCC(NS(=O)(=O)c2ccc(Cl)c3nonc23)CC1. The molecule has 3 rings (SSSR count). The van der Waals surface area contributed by atoms with Crippen molar-refractivity contribution in [2.75, 3.05) is 0 Å². The van der Waals surface area contributed by atoms with Gasteiger partial charge in [-0.2, -0.15) is 0 Å². The van der Waals surface area contributed by atoms with Crippen LogP contribution in [0.5, 0.6) is 0 Å². The molecule has 1 aliphatic carbocycles. The van der Waals surface area contributed by atoms with Gasteiger partial charge in [0.25, 0.3) is 0 Å². The predicted octanol–water partition coefficient (Wildman–Crippen LogP) is 1.80. The Bertz CT molecular complexity index is 842.